The molecule has 2 amide bonds. The summed E-state index contributed by atoms with van der Waals surface area (Å²) in [5, 5.41) is 23.5. The van der Waals surface area contributed by atoms with Gasteiger partial charge in [-0.25, -0.2) is 0 Å². The number of benzene rings is 2. The summed E-state index contributed by atoms with van der Waals surface area (Å²) in [6.45, 7) is 4.03. The number of hydrogen-bond acceptors (Lipinski definition) is 6. The Morgan fingerprint density at radius 3 is 2.73 bits per heavy atom. The van der Waals surface area contributed by atoms with Gasteiger partial charge >= 0.3 is 0 Å². The van der Waals surface area contributed by atoms with E-state index in [-0.39, 0.29) is 31.4 Å². The number of hydrogen-bond donors (Lipinski definition) is 3. The average Bonchev–Trinajstić information content (AvgIpc) is 2.97. The lowest BCUT2D eigenvalue weighted by atomic mass is 9.87. The summed E-state index contributed by atoms with van der Waals surface area (Å²) in [6, 6.07) is 14.4. The van der Waals surface area contributed by atoms with Crippen molar-refractivity contribution in [1.29, 1.82) is 0 Å². The molecular weight excluding hydrogens is 623 g/mol. The van der Waals surface area contributed by atoms with Crippen molar-refractivity contribution in [2.45, 2.75) is 56.8 Å². The standard InChI is InChI=1S/C31H39IN2O6/c1-3-4-5-6-14-29(36)34(17-15-22-10-9-11-24(19-22)39-2)26-20-23(31(38)33-16-18-35)21-28(30(26)37)40-27-13-8-7-12-25(27)32/h3,7-13,19,21,26,28,30,35,37H,1,4-6,14-18,20H2,2H3,(H,33,38)/t26-,28+,30+/m1/s1. The number of allylic oxidation sites excluding steroid dienone is 1. The van der Waals surface area contributed by atoms with Crippen LogP contribution in [-0.2, 0) is 16.0 Å². The van der Waals surface area contributed by atoms with E-state index in [1.807, 2.05) is 54.6 Å². The van der Waals surface area contributed by atoms with Crippen LogP contribution in [0.15, 0.2) is 72.8 Å². The van der Waals surface area contributed by atoms with Crippen LogP contribution in [0.3, 0.4) is 0 Å². The number of para-hydroxylation sites is 1. The Morgan fingerprint density at radius 2 is 2.00 bits per heavy atom. The zero-order valence-corrected chi connectivity index (χ0v) is 25.1. The van der Waals surface area contributed by atoms with Gasteiger partial charge in [0.05, 0.1) is 23.3 Å². The minimum atomic E-state index is -1.06. The molecule has 9 heteroatoms. The molecule has 3 rings (SSSR count). The van der Waals surface area contributed by atoms with E-state index in [0.717, 1.165) is 27.7 Å². The molecule has 0 aromatic heterocycles. The quantitative estimate of drug-likeness (QED) is 0.151. The molecule has 0 radical (unpaired) electrons. The van der Waals surface area contributed by atoms with Crippen LogP contribution in [0.5, 0.6) is 11.5 Å². The number of aliphatic hydroxyl groups is 2. The van der Waals surface area contributed by atoms with Gasteiger partial charge in [0.1, 0.15) is 23.7 Å². The molecule has 0 aliphatic heterocycles. The molecule has 1 aliphatic carbocycles. The van der Waals surface area contributed by atoms with E-state index in [4.69, 9.17) is 9.47 Å². The van der Waals surface area contributed by atoms with Crippen LogP contribution in [0.1, 0.15) is 37.7 Å². The largest absolute Gasteiger partial charge is 0.497 e. The van der Waals surface area contributed by atoms with Crippen molar-refractivity contribution in [2.24, 2.45) is 0 Å². The fourth-order valence-electron chi connectivity index (χ4n) is 4.73. The van der Waals surface area contributed by atoms with Gasteiger partial charge in [0, 0.05) is 31.5 Å². The first-order valence-corrected chi connectivity index (χ1v) is 14.7. The molecule has 0 spiro atoms. The highest BCUT2D eigenvalue weighted by Gasteiger charge is 2.40. The van der Waals surface area contributed by atoms with E-state index < -0.39 is 18.2 Å². The van der Waals surface area contributed by atoms with Crippen LogP contribution in [0.25, 0.3) is 0 Å². The topological polar surface area (TPSA) is 108 Å². The van der Waals surface area contributed by atoms with Gasteiger partial charge in [0.2, 0.25) is 11.8 Å². The molecule has 1 aliphatic rings. The summed E-state index contributed by atoms with van der Waals surface area (Å²) < 4.78 is 12.4. The number of carbonyl (C=O) groups excluding carboxylic acids is 2. The zero-order chi connectivity index (χ0) is 28.9. The maximum atomic E-state index is 13.6. The average molecular weight is 663 g/mol. The molecule has 216 valence electrons. The highest BCUT2D eigenvalue weighted by Crippen LogP contribution is 2.30. The van der Waals surface area contributed by atoms with E-state index in [9.17, 15) is 19.8 Å². The summed E-state index contributed by atoms with van der Waals surface area (Å²) in [5.74, 6) is 0.876. The predicted octanol–water partition coefficient (Wildman–Crippen LogP) is 4.03. The Kier molecular flexibility index (Phi) is 13.0. The second-order valence-electron chi connectivity index (χ2n) is 9.67. The Morgan fingerprint density at radius 1 is 1.20 bits per heavy atom. The van der Waals surface area contributed by atoms with Crippen LogP contribution in [-0.4, -0.2) is 72.0 Å². The van der Waals surface area contributed by atoms with Crippen molar-refractivity contribution in [3.05, 3.63) is 82.0 Å². The molecule has 40 heavy (non-hydrogen) atoms. The van der Waals surface area contributed by atoms with Gasteiger partial charge in [-0.15, -0.1) is 6.58 Å². The van der Waals surface area contributed by atoms with Crippen molar-refractivity contribution >= 4 is 34.4 Å². The van der Waals surface area contributed by atoms with Gasteiger partial charge in [-0.1, -0.05) is 30.3 Å². The Balaban J connectivity index is 1.91. The molecule has 3 atom stereocenters. The lowest BCUT2D eigenvalue weighted by molar-refractivity contribution is -0.138. The SMILES string of the molecule is C=CCCCCC(=O)N(CCc1cccc(OC)c1)[C@@H]1CC(C(=O)NCCO)=C[C@H](Oc2ccccc2I)[C@H]1O. The number of aliphatic hydroxyl groups excluding tert-OH is 2. The lowest BCUT2D eigenvalue weighted by Gasteiger charge is -2.40. The molecule has 0 unspecified atom stereocenters. The van der Waals surface area contributed by atoms with E-state index in [0.29, 0.717) is 37.1 Å². The number of amides is 2. The summed E-state index contributed by atoms with van der Waals surface area (Å²) in [4.78, 5) is 28.3. The number of carbonyl (C=O) groups is 2. The predicted molar refractivity (Wildman–Crippen MR) is 163 cm³/mol. The third-order valence-electron chi connectivity index (χ3n) is 6.86. The number of methoxy groups -OCH3 is 1. The number of nitrogens with one attached hydrogen (secondary N) is 1. The first kappa shape index (κ1) is 31.6. The van der Waals surface area contributed by atoms with Crippen molar-refractivity contribution in [2.75, 3.05) is 26.8 Å². The lowest BCUT2D eigenvalue weighted by Crippen LogP contribution is -2.55. The monoisotopic (exact) mass is 662 g/mol. The molecule has 8 nitrogen and oxygen atoms in total. The van der Waals surface area contributed by atoms with Gasteiger partial charge in [0.25, 0.3) is 0 Å². The highest BCUT2D eigenvalue weighted by atomic mass is 127. The maximum absolute atomic E-state index is 13.6. The summed E-state index contributed by atoms with van der Waals surface area (Å²) in [6.07, 6.45) is 4.98. The fourth-order valence-corrected chi connectivity index (χ4v) is 5.24. The van der Waals surface area contributed by atoms with Crippen molar-refractivity contribution in [3.8, 4) is 11.5 Å². The summed E-state index contributed by atoms with van der Waals surface area (Å²) in [5.41, 5.74) is 1.41. The summed E-state index contributed by atoms with van der Waals surface area (Å²) >= 11 is 2.16. The number of nitrogens with zero attached hydrogens (tertiary/aromatic N) is 1. The molecule has 2 aromatic rings. The molecule has 0 heterocycles. The molecular formula is C31H39IN2O6. The van der Waals surface area contributed by atoms with Crippen LogP contribution in [0, 0.1) is 3.57 Å². The number of unbranched alkanes of at least 4 members (excludes halogenated alkanes) is 2. The van der Waals surface area contributed by atoms with Crippen molar-refractivity contribution < 1.29 is 29.3 Å². The van der Waals surface area contributed by atoms with E-state index in [1.165, 1.54) is 0 Å². The molecule has 0 saturated carbocycles. The van der Waals surface area contributed by atoms with Crippen LogP contribution in [0.2, 0.25) is 0 Å². The first-order valence-electron chi connectivity index (χ1n) is 13.6. The third-order valence-corrected chi connectivity index (χ3v) is 7.75. The molecule has 3 N–H and O–H groups in total. The number of ether oxygens (including phenoxy) is 2. The van der Waals surface area contributed by atoms with Crippen LogP contribution >= 0.6 is 22.6 Å². The van der Waals surface area contributed by atoms with Crippen molar-refractivity contribution in [1.82, 2.24) is 10.2 Å². The van der Waals surface area contributed by atoms with Gasteiger partial charge < -0.3 is 29.9 Å². The van der Waals surface area contributed by atoms with Gasteiger partial charge in [-0.2, -0.15) is 0 Å². The van der Waals surface area contributed by atoms with E-state index >= 15 is 0 Å². The normalized spacial score (nSPS) is 18.4. The minimum Gasteiger partial charge on any atom is -0.497 e. The van der Waals surface area contributed by atoms with Gasteiger partial charge in [-0.05, 0) is 84.2 Å². The van der Waals surface area contributed by atoms with Crippen LogP contribution in [0.4, 0.5) is 0 Å². The molecule has 0 fully saturated rings. The van der Waals surface area contributed by atoms with E-state index in [1.54, 1.807) is 18.1 Å². The second kappa shape index (κ2) is 16.4. The van der Waals surface area contributed by atoms with Gasteiger partial charge in [0.15, 0.2) is 0 Å². The summed E-state index contributed by atoms with van der Waals surface area (Å²) in [7, 11) is 1.61. The third kappa shape index (κ3) is 9.07. The second-order valence-corrected chi connectivity index (χ2v) is 10.8. The smallest absolute Gasteiger partial charge is 0.247 e. The number of halogens is 1. The number of rotatable bonds is 15. The molecule has 0 saturated heterocycles. The van der Waals surface area contributed by atoms with Crippen LogP contribution < -0.4 is 14.8 Å². The Hall–Kier alpha value is -2.89. The Labute approximate surface area is 250 Å². The Bertz CT molecular complexity index is 1170. The minimum absolute atomic E-state index is 0.0823. The molecule has 0 bridgehead atoms. The van der Waals surface area contributed by atoms with Gasteiger partial charge in [-0.3, -0.25) is 9.59 Å². The highest BCUT2D eigenvalue weighted by molar-refractivity contribution is 14.1. The molecule has 2 aromatic carbocycles. The van der Waals surface area contributed by atoms with E-state index in [2.05, 4.69) is 34.5 Å². The maximum Gasteiger partial charge on any atom is 0.247 e. The van der Waals surface area contributed by atoms with Crippen molar-refractivity contribution in [3.63, 3.8) is 0 Å². The fraction of sp³-hybridized carbons (Fsp3) is 0.419. The first-order chi connectivity index (χ1) is 19.4. The zero-order valence-electron chi connectivity index (χ0n) is 22.9.